The van der Waals surface area contributed by atoms with Crippen molar-refractivity contribution in [2.45, 2.75) is 41.7 Å². The molecule has 2 bridgehead atoms. The van der Waals surface area contributed by atoms with Crippen molar-refractivity contribution in [3.05, 3.63) is 71.8 Å². The van der Waals surface area contributed by atoms with Gasteiger partial charge < -0.3 is 18.9 Å². The molecular weight excluding hydrogens is 552 g/mol. The zero-order chi connectivity index (χ0) is 30.1. The number of likely N-dealkylation sites (tertiary alicyclic amines) is 2. The number of methoxy groups -OCH3 is 4. The Labute approximate surface area is 249 Å². The molecule has 4 unspecified atom stereocenters. The van der Waals surface area contributed by atoms with Crippen LogP contribution in [0.5, 0.6) is 0 Å². The summed E-state index contributed by atoms with van der Waals surface area (Å²) in [5.41, 5.74) is -2.85. The molecule has 0 spiro atoms. The number of carbonyl (C=O) groups excluding carboxylic acids is 4. The van der Waals surface area contributed by atoms with Crippen LogP contribution in [0.1, 0.15) is 17.5 Å². The number of esters is 4. The minimum absolute atomic E-state index is 0.102. The van der Waals surface area contributed by atoms with Gasteiger partial charge in [0, 0.05) is 13.1 Å². The van der Waals surface area contributed by atoms with Crippen molar-refractivity contribution in [1.82, 2.24) is 9.80 Å². The summed E-state index contributed by atoms with van der Waals surface area (Å²) in [4.78, 5) is 59.3. The van der Waals surface area contributed by atoms with E-state index in [4.69, 9.17) is 18.9 Å². The third-order valence-electron chi connectivity index (χ3n) is 12.2. The van der Waals surface area contributed by atoms with Gasteiger partial charge in [-0.2, -0.15) is 0 Å². The van der Waals surface area contributed by atoms with Gasteiger partial charge in [0.15, 0.2) is 22.2 Å². The van der Waals surface area contributed by atoms with Gasteiger partial charge in [-0.1, -0.05) is 60.7 Å². The highest BCUT2D eigenvalue weighted by molar-refractivity contribution is 6.08. The van der Waals surface area contributed by atoms with Gasteiger partial charge in [-0.15, -0.1) is 0 Å². The van der Waals surface area contributed by atoms with Crippen LogP contribution in [-0.4, -0.2) is 84.3 Å². The standard InChI is InChI=1S/C33H34N2O8/c1-40-26(36)30-22-20-15-21(23(22)31(30,27(37)41-2)34(30)16-18-11-7-5-8-12-18)25-24(20)32(28(38)42-3)33(25,29(39)43-4)35(32)17-19-13-9-6-10-14-19/h5-14,20-25H,15-17H2,1-4H3/t20?,21?,22-,23+,24+,25-,30-,31+,32+,33-,34?,35?. The van der Waals surface area contributed by atoms with E-state index in [1.807, 2.05) is 70.5 Å². The molecule has 2 aliphatic heterocycles. The number of fused-ring (bicyclic) bond motifs is 14. The highest BCUT2D eigenvalue weighted by Gasteiger charge is 3.08. The van der Waals surface area contributed by atoms with Crippen molar-refractivity contribution in [3.8, 4) is 0 Å². The molecule has 0 aromatic heterocycles. The minimum atomic E-state index is -1.19. The second-order valence-corrected chi connectivity index (χ2v) is 12.8. The van der Waals surface area contributed by atoms with Gasteiger partial charge in [-0.05, 0) is 53.1 Å². The monoisotopic (exact) mass is 586 g/mol. The molecule has 6 fully saturated rings. The van der Waals surface area contributed by atoms with Crippen LogP contribution in [0.4, 0.5) is 0 Å². The molecule has 0 N–H and O–H groups in total. The van der Waals surface area contributed by atoms with E-state index in [0.717, 1.165) is 11.1 Å². The SMILES string of the molecule is COC(=O)[C@@]12[C@H]3C4CC([C@H]3[C@]1(C(=O)OC)N2Cc1ccccc1)[C@H]1[C@@H]4[C@]2(C(=O)OC)N(Cc3ccccc3)[C@]12C(=O)OC. The lowest BCUT2D eigenvalue weighted by Crippen LogP contribution is -2.74. The Bertz CT molecular complexity index is 1380. The summed E-state index contributed by atoms with van der Waals surface area (Å²) in [7, 11) is 5.41. The first kappa shape index (κ1) is 26.8. The zero-order valence-electron chi connectivity index (χ0n) is 24.5. The summed E-state index contributed by atoms with van der Waals surface area (Å²) >= 11 is 0. The fourth-order valence-corrected chi connectivity index (χ4v) is 11.4. The molecule has 2 heterocycles. The smallest absolute Gasteiger partial charge is 0.329 e. The number of ether oxygens (including phenoxy) is 4. The molecule has 43 heavy (non-hydrogen) atoms. The Kier molecular flexibility index (Phi) is 5.27. The summed E-state index contributed by atoms with van der Waals surface area (Å²) in [5, 5.41) is 0. The summed E-state index contributed by atoms with van der Waals surface area (Å²) in [6.45, 7) is 0.745. The Morgan fingerprint density at radius 3 is 1.09 bits per heavy atom. The first-order chi connectivity index (χ1) is 20.8. The molecule has 8 rings (SSSR count). The summed E-state index contributed by atoms with van der Waals surface area (Å²) in [6, 6.07) is 19.4. The van der Waals surface area contributed by atoms with E-state index < -0.39 is 46.0 Å². The van der Waals surface area contributed by atoms with E-state index in [0.29, 0.717) is 19.5 Å². The lowest BCUT2D eigenvalue weighted by molar-refractivity contribution is -0.182. The van der Waals surface area contributed by atoms with E-state index in [2.05, 4.69) is 0 Å². The first-order valence-electron chi connectivity index (χ1n) is 14.8. The predicted molar refractivity (Wildman–Crippen MR) is 149 cm³/mol. The van der Waals surface area contributed by atoms with Gasteiger partial charge in [0.2, 0.25) is 0 Å². The molecule has 6 aliphatic rings. The topological polar surface area (TPSA) is 111 Å². The zero-order valence-corrected chi connectivity index (χ0v) is 24.5. The molecule has 0 radical (unpaired) electrons. The Morgan fingerprint density at radius 1 is 0.558 bits per heavy atom. The van der Waals surface area contributed by atoms with E-state index in [9.17, 15) is 19.2 Å². The molecule has 10 nitrogen and oxygen atoms in total. The second kappa shape index (κ2) is 8.45. The van der Waals surface area contributed by atoms with Crippen molar-refractivity contribution in [3.63, 3.8) is 0 Å². The number of benzene rings is 2. The van der Waals surface area contributed by atoms with Crippen molar-refractivity contribution in [1.29, 1.82) is 0 Å². The van der Waals surface area contributed by atoms with E-state index in [1.165, 1.54) is 28.4 Å². The van der Waals surface area contributed by atoms with Crippen LogP contribution in [0.2, 0.25) is 0 Å². The quantitative estimate of drug-likeness (QED) is 0.197. The third kappa shape index (κ3) is 2.48. The first-order valence-corrected chi connectivity index (χ1v) is 14.8. The Morgan fingerprint density at radius 2 is 0.837 bits per heavy atom. The lowest BCUT2D eigenvalue weighted by atomic mass is 9.40. The minimum Gasteiger partial charge on any atom is -0.468 e. The molecule has 12 atom stereocenters. The molecule has 2 saturated heterocycles. The van der Waals surface area contributed by atoms with Crippen molar-refractivity contribution >= 4 is 23.9 Å². The van der Waals surface area contributed by atoms with E-state index >= 15 is 0 Å². The van der Waals surface area contributed by atoms with Crippen LogP contribution in [0.15, 0.2) is 60.7 Å². The largest absolute Gasteiger partial charge is 0.468 e. The Hall–Kier alpha value is -3.76. The van der Waals surface area contributed by atoms with Gasteiger partial charge in [0.1, 0.15) is 0 Å². The normalized spacial score (nSPS) is 44.7. The van der Waals surface area contributed by atoms with Gasteiger partial charge in [-0.25, -0.2) is 19.2 Å². The van der Waals surface area contributed by atoms with Crippen LogP contribution in [0.25, 0.3) is 0 Å². The molecule has 0 amide bonds. The van der Waals surface area contributed by atoms with Crippen molar-refractivity contribution in [2.75, 3.05) is 28.4 Å². The van der Waals surface area contributed by atoms with E-state index in [1.54, 1.807) is 0 Å². The molecule has 10 heteroatoms. The molecule has 4 aliphatic carbocycles. The molecular formula is C33H34N2O8. The average Bonchev–Trinajstić information content (AvgIpc) is 3.51. The summed E-state index contributed by atoms with van der Waals surface area (Å²) in [5.74, 6) is -2.95. The third-order valence-corrected chi connectivity index (χ3v) is 12.2. The van der Waals surface area contributed by atoms with Gasteiger partial charge in [-0.3, -0.25) is 9.80 Å². The van der Waals surface area contributed by atoms with Crippen molar-refractivity contribution in [2.24, 2.45) is 35.5 Å². The maximum Gasteiger partial charge on any atom is 0.329 e. The van der Waals surface area contributed by atoms with Crippen molar-refractivity contribution < 1.29 is 38.1 Å². The van der Waals surface area contributed by atoms with Crippen LogP contribution in [-0.2, 0) is 51.2 Å². The predicted octanol–water partition coefficient (Wildman–Crippen LogP) is 1.81. The maximum absolute atomic E-state index is 13.8. The molecule has 4 saturated carbocycles. The number of carbonyl (C=O) groups is 4. The number of rotatable bonds is 8. The van der Waals surface area contributed by atoms with Crippen LogP contribution in [0, 0.1) is 35.5 Å². The average molecular weight is 587 g/mol. The lowest BCUT2D eigenvalue weighted by Gasteiger charge is -2.58. The second-order valence-electron chi connectivity index (χ2n) is 12.8. The highest BCUT2D eigenvalue weighted by Crippen LogP contribution is 2.92. The summed E-state index contributed by atoms with van der Waals surface area (Å²) < 4.78 is 21.7. The molecule has 224 valence electrons. The molecule has 2 aromatic rings. The van der Waals surface area contributed by atoms with Crippen LogP contribution in [0.3, 0.4) is 0 Å². The van der Waals surface area contributed by atoms with Crippen LogP contribution < -0.4 is 0 Å². The summed E-state index contributed by atoms with van der Waals surface area (Å²) in [6.07, 6.45) is 0.706. The maximum atomic E-state index is 13.8. The van der Waals surface area contributed by atoms with Gasteiger partial charge in [0.05, 0.1) is 28.4 Å². The molecule has 2 aromatic carbocycles. The van der Waals surface area contributed by atoms with Gasteiger partial charge >= 0.3 is 23.9 Å². The van der Waals surface area contributed by atoms with E-state index in [-0.39, 0.29) is 35.5 Å². The fraction of sp³-hybridized carbons (Fsp3) is 0.515. The fourth-order valence-electron chi connectivity index (χ4n) is 11.4. The Balaban J connectivity index is 1.25. The van der Waals surface area contributed by atoms with Gasteiger partial charge in [0.25, 0.3) is 0 Å². The number of hydrogen-bond donors (Lipinski definition) is 0. The number of nitrogens with zero attached hydrogens (tertiary/aromatic N) is 2. The highest BCUT2D eigenvalue weighted by atomic mass is 16.5. The van der Waals surface area contributed by atoms with Crippen LogP contribution >= 0.6 is 0 Å². The number of hydrogen-bond acceptors (Lipinski definition) is 10.